The minimum atomic E-state index is -0.804. The molecule has 0 atom stereocenters. The molecule has 1 heterocycles. The van der Waals surface area contributed by atoms with Crippen LogP contribution in [0.15, 0.2) is 33.5 Å². The fourth-order valence-electron chi connectivity index (χ4n) is 2.56. The van der Waals surface area contributed by atoms with Gasteiger partial charge in [0.2, 0.25) is 11.2 Å². The van der Waals surface area contributed by atoms with E-state index in [1.54, 1.807) is 26.0 Å². The highest BCUT2D eigenvalue weighted by atomic mass is 16.4. The summed E-state index contributed by atoms with van der Waals surface area (Å²) in [5, 5.41) is 39.1. The van der Waals surface area contributed by atoms with Crippen LogP contribution in [-0.4, -0.2) is 20.4 Å². The zero-order valence-electron chi connectivity index (χ0n) is 12.4. The molecule has 3 rings (SSSR count). The number of fused-ring (bicyclic) bond motifs is 1. The number of aromatic hydroxyl groups is 4. The lowest BCUT2D eigenvalue weighted by molar-refractivity contribution is 0.438. The van der Waals surface area contributed by atoms with Crippen LogP contribution in [0.1, 0.15) is 11.1 Å². The number of hydrogen-bond acceptors (Lipinski definition) is 6. The number of phenolic OH excluding ortho intramolecular Hbond substituents is 3. The molecule has 0 saturated carbocycles. The largest absolute Gasteiger partial charge is 0.508 e. The van der Waals surface area contributed by atoms with Gasteiger partial charge in [-0.15, -0.1) is 0 Å². The summed E-state index contributed by atoms with van der Waals surface area (Å²) in [6, 6.07) is 5.30. The summed E-state index contributed by atoms with van der Waals surface area (Å²) in [7, 11) is 0. The average molecular weight is 314 g/mol. The third-order valence-electron chi connectivity index (χ3n) is 3.69. The second kappa shape index (κ2) is 4.95. The Balaban J connectivity index is 2.40. The van der Waals surface area contributed by atoms with E-state index in [2.05, 4.69) is 0 Å². The van der Waals surface area contributed by atoms with Crippen molar-refractivity contribution in [1.29, 1.82) is 0 Å². The Labute approximate surface area is 130 Å². The predicted molar refractivity (Wildman–Crippen MR) is 84.1 cm³/mol. The van der Waals surface area contributed by atoms with Gasteiger partial charge in [0.25, 0.3) is 0 Å². The average Bonchev–Trinajstić information content (AvgIpc) is 2.47. The minimum Gasteiger partial charge on any atom is -0.508 e. The van der Waals surface area contributed by atoms with Crippen LogP contribution in [0, 0.1) is 13.8 Å². The zero-order chi connectivity index (χ0) is 16.9. The van der Waals surface area contributed by atoms with Crippen molar-refractivity contribution in [2.75, 3.05) is 0 Å². The summed E-state index contributed by atoms with van der Waals surface area (Å²) >= 11 is 0. The highest BCUT2D eigenvalue weighted by molar-refractivity contribution is 5.88. The van der Waals surface area contributed by atoms with Gasteiger partial charge >= 0.3 is 0 Å². The molecule has 118 valence electrons. The Morgan fingerprint density at radius 1 is 0.870 bits per heavy atom. The summed E-state index contributed by atoms with van der Waals surface area (Å²) in [5.41, 5.74) is 0.657. The fraction of sp³-hybridized carbons (Fsp3) is 0.118. The molecule has 1 aromatic heterocycles. The van der Waals surface area contributed by atoms with Gasteiger partial charge in [-0.25, -0.2) is 0 Å². The van der Waals surface area contributed by atoms with E-state index in [1.165, 1.54) is 6.07 Å². The lowest BCUT2D eigenvalue weighted by Crippen LogP contribution is -2.03. The van der Waals surface area contributed by atoms with Gasteiger partial charge in [0, 0.05) is 17.7 Å². The molecule has 0 aliphatic carbocycles. The molecule has 0 fully saturated rings. The highest BCUT2D eigenvalue weighted by Gasteiger charge is 2.19. The number of aryl methyl sites for hydroxylation is 2. The van der Waals surface area contributed by atoms with Crippen molar-refractivity contribution < 1.29 is 24.8 Å². The summed E-state index contributed by atoms with van der Waals surface area (Å²) in [6.45, 7) is 3.36. The van der Waals surface area contributed by atoms with E-state index in [4.69, 9.17) is 4.42 Å². The van der Waals surface area contributed by atoms with Gasteiger partial charge in [0.05, 0.1) is 0 Å². The molecule has 0 aliphatic heterocycles. The van der Waals surface area contributed by atoms with Gasteiger partial charge in [0.1, 0.15) is 28.2 Å². The second-order valence-corrected chi connectivity index (χ2v) is 5.41. The van der Waals surface area contributed by atoms with Crippen LogP contribution in [0.2, 0.25) is 0 Å². The molecule has 2 aromatic carbocycles. The monoisotopic (exact) mass is 314 g/mol. The Morgan fingerprint density at radius 3 is 2.09 bits per heavy atom. The van der Waals surface area contributed by atoms with Crippen molar-refractivity contribution in [2.45, 2.75) is 13.8 Å². The first kappa shape index (κ1) is 14.8. The van der Waals surface area contributed by atoms with Crippen molar-refractivity contribution in [3.05, 3.63) is 45.6 Å². The molecule has 0 spiro atoms. The molecular weight excluding hydrogens is 300 g/mol. The third-order valence-corrected chi connectivity index (χ3v) is 3.69. The molecule has 6 heteroatoms. The van der Waals surface area contributed by atoms with Gasteiger partial charge in [-0.2, -0.15) is 0 Å². The van der Waals surface area contributed by atoms with Crippen molar-refractivity contribution >= 4 is 11.0 Å². The molecule has 6 nitrogen and oxygen atoms in total. The van der Waals surface area contributed by atoms with Crippen molar-refractivity contribution in [2.24, 2.45) is 0 Å². The standard InChI is InChI=1S/C17H14O6/c1-7-3-9(4-8(2)14(7)20)17-16(22)15(21)13-11(19)5-10(18)6-12(13)23-17/h3-6,18-20,22H,1-2H3. The number of hydrogen-bond donors (Lipinski definition) is 4. The first-order valence-electron chi connectivity index (χ1n) is 6.82. The molecule has 4 N–H and O–H groups in total. The molecule has 3 aromatic rings. The maximum absolute atomic E-state index is 12.3. The maximum Gasteiger partial charge on any atom is 0.238 e. The van der Waals surface area contributed by atoms with Gasteiger partial charge < -0.3 is 24.8 Å². The van der Waals surface area contributed by atoms with E-state index in [0.29, 0.717) is 16.7 Å². The summed E-state index contributed by atoms with van der Waals surface area (Å²) in [4.78, 5) is 12.3. The molecular formula is C17H14O6. The molecule has 0 saturated heterocycles. The van der Waals surface area contributed by atoms with Crippen molar-refractivity contribution in [1.82, 2.24) is 0 Å². The summed E-state index contributed by atoms with van der Waals surface area (Å²) < 4.78 is 5.52. The molecule has 0 bridgehead atoms. The number of phenols is 3. The maximum atomic E-state index is 12.3. The first-order valence-corrected chi connectivity index (χ1v) is 6.82. The molecule has 0 radical (unpaired) electrons. The van der Waals surface area contributed by atoms with Crippen molar-refractivity contribution in [3.63, 3.8) is 0 Å². The van der Waals surface area contributed by atoms with Crippen LogP contribution < -0.4 is 5.43 Å². The zero-order valence-corrected chi connectivity index (χ0v) is 12.4. The van der Waals surface area contributed by atoms with E-state index in [1.807, 2.05) is 0 Å². The predicted octanol–water partition coefficient (Wildman–Crippen LogP) is 2.90. The lowest BCUT2D eigenvalue weighted by atomic mass is 10.0. The topological polar surface area (TPSA) is 111 Å². The Kier molecular flexibility index (Phi) is 3.18. The van der Waals surface area contributed by atoms with Crippen molar-refractivity contribution in [3.8, 4) is 34.3 Å². The minimum absolute atomic E-state index is 0.0521. The molecule has 0 aliphatic rings. The van der Waals surface area contributed by atoms with E-state index >= 15 is 0 Å². The number of rotatable bonds is 1. The lowest BCUT2D eigenvalue weighted by Gasteiger charge is -2.10. The Hall–Kier alpha value is -3.15. The van der Waals surface area contributed by atoms with Gasteiger partial charge in [0.15, 0.2) is 5.76 Å². The molecule has 0 unspecified atom stereocenters. The Morgan fingerprint density at radius 2 is 1.48 bits per heavy atom. The van der Waals surface area contributed by atoms with Gasteiger partial charge in [-0.3, -0.25) is 4.79 Å². The van der Waals surface area contributed by atoms with E-state index in [-0.39, 0.29) is 28.2 Å². The number of benzene rings is 2. The van der Waals surface area contributed by atoms with E-state index in [0.717, 1.165) is 6.07 Å². The third kappa shape index (κ3) is 2.24. The summed E-state index contributed by atoms with van der Waals surface area (Å²) in [5.74, 6) is -1.38. The first-order chi connectivity index (χ1) is 10.8. The van der Waals surface area contributed by atoms with Crippen LogP contribution in [-0.2, 0) is 0 Å². The SMILES string of the molecule is Cc1cc(-c2oc3cc(O)cc(O)c3c(=O)c2O)cc(C)c1O. The molecule has 23 heavy (non-hydrogen) atoms. The smallest absolute Gasteiger partial charge is 0.238 e. The fourth-order valence-corrected chi connectivity index (χ4v) is 2.56. The van der Waals surface area contributed by atoms with Gasteiger partial charge in [-0.05, 0) is 37.1 Å². The van der Waals surface area contributed by atoms with Crippen LogP contribution in [0.25, 0.3) is 22.3 Å². The van der Waals surface area contributed by atoms with Crippen LogP contribution >= 0.6 is 0 Å². The van der Waals surface area contributed by atoms with E-state index < -0.39 is 16.9 Å². The van der Waals surface area contributed by atoms with Crippen LogP contribution in [0.4, 0.5) is 0 Å². The van der Waals surface area contributed by atoms with Crippen LogP contribution in [0.3, 0.4) is 0 Å². The second-order valence-electron chi connectivity index (χ2n) is 5.41. The summed E-state index contributed by atoms with van der Waals surface area (Å²) in [6.07, 6.45) is 0. The quantitative estimate of drug-likeness (QED) is 0.549. The van der Waals surface area contributed by atoms with Gasteiger partial charge in [-0.1, -0.05) is 0 Å². The molecule has 0 amide bonds. The van der Waals surface area contributed by atoms with Crippen LogP contribution in [0.5, 0.6) is 23.0 Å². The normalized spacial score (nSPS) is 11.0. The van der Waals surface area contributed by atoms with E-state index in [9.17, 15) is 25.2 Å². The highest BCUT2D eigenvalue weighted by Crippen LogP contribution is 2.37. The Bertz CT molecular complexity index is 977.